The normalized spacial score (nSPS) is 11.5. The van der Waals surface area contributed by atoms with E-state index in [-0.39, 0.29) is 17.3 Å². The fourth-order valence-corrected chi connectivity index (χ4v) is 3.40. The molecule has 1 amide bonds. The van der Waals surface area contributed by atoms with E-state index < -0.39 is 10.0 Å². The highest BCUT2D eigenvalue weighted by molar-refractivity contribution is 7.89. The first-order valence-corrected chi connectivity index (χ1v) is 9.25. The van der Waals surface area contributed by atoms with Gasteiger partial charge >= 0.3 is 0 Å². The number of nitrogens with two attached hydrogens (primary N) is 2. The van der Waals surface area contributed by atoms with Gasteiger partial charge in [0.2, 0.25) is 10.0 Å². The van der Waals surface area contributed by atoms with Crippen LogP contribution in [-0.2, 0) is 16.6 Å². The quantitative estimate of drug-likeness (QED) is 0.647. The molecule has 0 aliphatic rings. The second-order valence-electron chi connectivity index (χ2n) is 5.11. The molecule has 3 rings (SSSR count). The van der Waals surface area contributed by atoms with Crippen molar-refractivity contribution in [2.24, 2.45) is 5.14 Å². The third-order valence-electron chi connectivity index (χ3n) is 3.37. The largest absolute Gasteiger partial charge is 0.375 e. The van der Waals surface area contributed by atoms with Crippen molar-refractivity contribution in [2.75, 3.05) is 5.73 Å². The van der Waals surface area contributed by atoms with Gasteiger partial charge in [0.05, 0.1) is 15.1 Å². The topological polar surface area (TPSA) is 128 Å². The maximum Gasteiger partial charge on any atom is 0.251 e. The van der Waals surface area contributed by atoms with Gasteiger partial charge in [-0.15, -0.1) is 0 Å². The van der Waals surface area contributed by atoms with Gasteiger partial charge in [0.1, 0.15) is 0 Å². The van der Waals surface area contributed by atoms with E-state index in [0.29, 0.717) is 16.2 Å². The zero-order valence-electron chi connectivity index (χ0n) is 12.4. The number of rotatable bonds is 4. The first kappa shape index (κ1) is 16.4. The molecule has 1 heterocycles. The number of amides is 1. The van der Waals surface area contributed by atoms with Crippen molar-refractivity contribution in [2.45, 2.75) is 11.4 Å². The SMILES string of the molecule is Nc1nc2cc(C(=O)NCc3ccc(S(N)(=O)=O)cc3)ccc2s1. The fraction of sp³-hybridized carbons (Fsp3) is 0.0667. The Morgan fingerprint density at radius 3 is 2.54 bits per heavy atom. The molecule has 1 aromatic heterocycles. The molecular weight excluding hydrogens is 348 g/mol. The van der Waals surface area contributed by atoms with E-state index >= 15 is 0 Å². The van der Waals surface area contributed by atoms with E-state index in [9.17, 15) is 13.2 Å². The smallest absolute Gasteiger partial charge is 0.251 e. The lowest BCUT2D eigenvalue weighted by Crippen LogP contribution is -2.22. The first-order chi connectivity index (χ1) is 11.3. The van der Waals surface area contributed by atoms with Crippen LogP contribution in [0.1, 0.15) is 15.9 Å². The summed E-state index contributed by atoms with van der Waals surface area (Å²) in [6.45, 7) is 0.265. The van der Waals surface area contributed by atoms with Crippen LogP contribution in [0.2, 0.25) is 0 Å². The van der Waals surface area contributed by atoms with Gasteiger partial charge in [-0.05, 0) is 35.9 Å². The molecule has 0 aliphatic carbocycles. The van der Waals surface area contributed by atoms with E-state index in [2.05, 4.69) is 10.3 Å². The molecule has 7 nitrogen and oxygen atoms in total. The van der Waals surface area contributed by atoms with Gasteiger partial charge in [-0.25, -0.2) is 18.5 Å². The molecule has 0 spiro atoms. The Balaban J connectivity index is 1.70. The van der Waals surface area contributed by atoms with Gasteiger partial charge < -0.3 is 11.1 Å². The fourth-order valence-electron chi connectivity index (χ4n) is 2.17. The molecule has 0 unspecified atom stereocenters. The minimum atomic E-state index is -3.72. The Bertz CT molecular complexity index is 1010. The molecule has 2 aromatic carbocycles. The average Bonchev–Trinajstić information content (AvgIpc) is 2.91. The summed E-state index contributed by atoms with van der Waals surface area (Å²) < 4.78 is 23.3. The number of fused-ring (bicyclic) bond motifs is 1. The minimum absolute atomic E-state index is 0.0316. The Morgan fingerprint density at radius 1 is 1.17 bits per heavy atom. The van der Waals surface area contributed by atoms with Crippen LogP contribution in [0.25, 0.3) is 10.2 Å². The molecule has 0 fully saturated rings. The Hall–Kier alpha value is -2.49. The number of primary sulfonamides is 1. The summed E-state index contributed by atoms with van der Waals surface area (Å²) in [7, 11) is -3.72. The number of nitrogen functional groups attached to an aromatic ring is 1. The maximum absolute atomic E-state index is 12.2. The Morgan fingerprint density at radius 2 is 1.88 bits per heavy atom. The van der Waals surface area contributed by atoms with Crippen molar-refractivity contribution in [3.8, 4) is 0 Å². The number of nitrogens with zero attached hydrogens (tertiary/aromatic N) is 1. The monoisotopic (exact) mass is 362 g/mol. The molecule has 0 saturated carbocycles. The number of carbonyl (C=O) groups excluding carboxylic acids is 1. The molecule has 24 heavy (non-hydrogen) atoms. The van der Waals surface area contributed by atoms with Crippen LogP contribution in [0.5, 0.6) is 0 Å². The summed E-state index contributed by atoms with van der Waals surface area (Å²) in [6, 6.07) is 11.2. The second kappa shape index (κ2) is 6.19. The van der Waals surface area contributed by atoms with Gasteiger partial charge in [0.15, 0.2) is 5.13 Å². The first-order valence-electron chi connectivity index (χ1n) is 6.89. The van der Waals surface area contributed by atoms with Crippen molar-refractivity contribution in [1.82, 2.24) is 10.3 Å². The number of aromatic nitrogens is 1. The van der Waals surface area contributed by atoms with Crippen LogP contribution in [0.15, 0.2) is 47.4 Å². The van der Waals surface area contributed by atoms with Crippen molar-refractivity contribution in [3.63, 3.8) is 0 Å². The second-order valence-corrected chi connectivity index (χ2v) is 7.73. The number of thiazole rings is 1. The van der Waals surface area contributed by atoms with E-state index in [0.717, 1.165) is 10.3 Å². The zero-order chi connectivity index (χ0) is 17.3. The predicted octanol–water partition coefficient (Wildman–Crippen LogP) is 1.46. The molecule has 124 valence electrons. The lowest BCUT2D eigenvalue weighted by atomic mass is 10.2. The standard InChI is InChI=1S/C15H14N4O3S2/c16-15-19-12-7-10(3-6-13(12)23-15)14(20)18-8-9-1-4-11(5-2-9)24(17,21)22/h1-7H,8H2,(H2,16,19)(H,18,20)(H2,17,21,22). The van der Waals surface area contributed by atoms with Crippen LogP contribution in [0.4, 0.5) is 5.13 Å². The highest BCUT2D eigenvalue weighted by Gasteiger charge is 2.10. The van der Waals surface area contributed by atoms with Gasteiger partial charge in [-0.2, -0.15) is 0 Å². The molecular formula is C15H14N4O3S2. The molecule has 9 heteroatoms. The van der Waals surface area contributed by atoms with Crippen molar-refractivity contribution in [3.05, 3.63) is 53.6 Å². The third kappa shape index (κ3) is 3.53. The highest BCUT2D eigenvalue weighted by atomic mass is 32.2. The van der Waals surface area contributed by atoms with Crippen LogP contribution >= 0.6 is 11.3 Å². The summed E-state index contributed by atoms with van der Waals surface area (Å²) in [6.07, 6.45) is 0. The molecule has 0 saturated heterocycles. The van der Waals surface area contributed by atoms with Crippen molar-refractivity contribution >= 4 is 42.6 Å². The summed E-state index contributed by atoms with van der Waals surface area (Å²) in [5, 5.41) is 8.27. The Kier molecular flexibility index (Phi) is 4.22. The lowest BCUT2D eigenvalue weighted by molar-refractivity contribution is 0.0951. The highest BCUT2D eigenvalue weighted by Crippen LogP contribution is 2.24. The van der Waals surface area contributed by atoms with E-state index in [1.54, 1.807) is 30.3 Å². The average molecular weight is 362 g/mol. The van der Waals surface area contributed by atoms with Gasteiger partial charge in [-0.1, -0.05) is 23.5 Å². The van der Waals surface area contributed by atoms with E-state index in [1.807, 2.05) is 0 Å². The number of nitrogens with one attached hydrogen (secondary N) is 1. The third-order valence-corrected chi connectivity index (χ3v) is 5.17. The molecule has 0 radical (unpaired) electrons. The van der Waals surface area contributed by atoms with Crippen LogP contribution in [-0.4, -0.2) is 19.3 Å². The maximum atomic E-state index is 12.2. The summed E-state index contributed by atoms with van der Waals surface area (Å²) >= 11 is 1.36. The Labute approximate surface area is 142 Å². The number of benzene rings is 2. The van der Waals surface area contributed by atoms with E-state index in [1.165, 1.54) is 23.5 Å². The summed E-state index contributed by atoms with van der Waals surface area (Å²) in [4.78, 5) is 16.4. The molecule has 0 bridgehead atoms. The molecule has 0 atom stereocenters. The van der Waals surface area contributed by atoms with E-state index in [4.69, 9.17) is 10.9 Å². The molecule has 5 N–H and O–H groups in total. The van der Waals surface area contributed by atoms with Crippen LogP contribution in [0, 0.1) is 0 Å². The summed E-state index contributed by atoms with van der Waals surface area (Å²) in [5.74, 6) is -0.251. The van der Waals surface area contributed by atoms with Gasteiger partial charge in [0, 0.05) is 12.1 Å². The van der Waals surface area contributed by atoms with Gasteiger partial charge in [0.25, 0.3) is 5.91 Å². The van der Waals surface area contributed by atoms with Crippen LogP contribution < -0.4 is 16.2 Å². The van der Waals surface area contributed by atoms with Gasteiger partial charge in [-0.3, -0.25) is 4.79 Å². The minimum Gasteiger partial charge on any atom is -0.375 e. The lowest BCUT2D eigenvalue weighted by Gasteiger charge is -2.06. The number of hydrogen-bond donors (Lipinski definition) is 3. The number of hydrogen-bond acceptors (Lipinski definition) is 6. The summed E-state index contributed by atoms with van der Waals surface area (Å²) in [5.41, 5.74) is 7.57. The number of anilines is 1. The number of carbonyl (C=O) groups is 1. The molecule has 3 aromatic rings. The molecule has 0 aliphatic heterocycles. The zero-order valence-corrected chi connectivity index (χ0v) is 14.0. The van der Waals surface area contributed by atoms with Crippen molar-refractivity contribution in [1.29, 1.82) is 0 Å². The van der Waals surface area contributed by atoms with Crippen LogP contribution in [0.3, 0.4) is 0 Å². The predicted molar refractivity (Wildman–Crippen MR) is 93.0 cm³/mol. The van der Waals surface area contributed by atoms with Crippen molar-refractivity contribution < 1.29 is 13.2 Å². The number of sulfonamides is 1.